The van der Waals surface area contributed by atoms with E-state index in [1.807, 2.05) is 33.3 Å². The van der Waals surface area contributed by atoms with Gasteiger partial charge in [-0.15, -0.1) is 0 Å². The van der Waals surface area contributed by atoms with Crippen LogP contribution in [-0.4, -0.2) is 71.7 Å². The molecular formula is C21H31N3O3. The maximum atomic E-state index is 13.3. The number of hydrogen-bond donors (Lipinski definition) is 1. The number of nitrogens with zero attached hydrogens (tertiary/aromatic N) is 3. The largest absolute Gasteiger partial charge is 0.472 e. The van der Waals surface area contributed by atoms with Crippen LogP contribution in [0, 0.1) is 5.92 Å². The number of ether oxygens (including phenoxy) is 1. The van der Waals surface area contributed by atoms with E-state index in [9.17, 15) is 9.90 Å². The monoisotopic (exact) mass is 373 g/mol. The molecule has 1 aliphatic carbocycles. The topological polar surface area (TPSA) is 65.9 Å². The molecule has 6 heteroatoms. The van der Waals surface area contributed by atoms with E-state index >= 15 is 0 Å². The first-order valence-electron chi connectivity index (χ1n) is 9.83. The predicted octanol–water partition coefficient (Wildman–Crippen LogP) is 2.43. The maximum Gasteiger partial charge on any atom is 0.259 e. The van der Waals surface area contributed by atoms with Crippen molar-refractivity contribution in [1.82, 2.24) is 14.8 Å². The molecule has 0 unspecified atom stereocenters. The zero-order chi connectivity index (χ0) is 19.6. The smallest absolute Gasteiger partial charge is 0.259 e. The Hall–Kier alpha value is -1.92. The number of pyridine rings is 1. The third-order valence-electron chi connectivity index (χ3n) is 5.48. The van der Waals surface area contributed by atoms with Gasteiger partial charge in [-0.1, -0.05) is 13.0 Å². The van der Waals surface area contributed by atoms with Crippen LogP contribution in [0.3, 0.4) is 0 Å². The minimum Gasteiger partial charge on any atom is -0.472 e. The molecule has 1 aromatic rings. The normalized spacial score (nSPS) is 24.1. The lowest BCUT2D eigenvalue weighted by atomic mass is 9.99. The van der Waals surface area contributed by atoms with Crippen molar-refractivity contribution in [3.63, 3.8) is 0 Å². The number of allylic oxidation sites excluding steroid dienone is 2. The number of carbonyl (C=O) groups excluding carboxylic acids is 1. The van der Waals surface area contributed by atoms with Crippen LogP contribution < -0.4 is 4.74 Å². The molecule has 0 radical (unpaired) electrons. The Morgan fingerprint density at radius 2 is 2.22 bits per heavy atom. The Morgan fingerprint density at radius 1 is 1.44 bits per heavy atom. The molecule has 2 aliphatic rings. The van der Waals surface area contributed by atoms with Gasteiger partial charge in [0, 0.05) is 25.2 Å². The molecule has 0 saturated carbocycles. The summed E-state index contributed by atoms with van der Waals surface area (Å²) >= 11 is 0. The fourth-order valence-electron chi connectivity index (χ4n) is 3.79. The Kier molecular flexibility index (Phi) is 6.17. The SMILES string of the molecule is C[C@H]1CN([C@@H](C)CO)C(=O)c2cc(C3=CCCC3)cnc2O[C@@H]1CN(C)C. The Labute approximate surface area is 161 Å². The van der Waals surface area contributed by atoms with Crippen molar-refractivity contribution >= 4 is 11.5 Å². The summed E-state index contributed by atoms with van der Waals surface area (Å²) in [4.78, 5) is 21.7. The fraction of sp³-hybridized carbons (Fsp3) is 0.619. The minimum absolute atomic E-state index is 0.0642. The molecule has 0 spiro atoms. The standard InChI is InChI=1S/C21H31N3O3/c1-14-11-24(15(2)13-25)21(26)18-9-17(16-7-5-6-8-16)10-22-20(18)27-19(14)12-23(3)4/h7,9-10,14-15,19,25H,5-6,8,11-13H2,1-4H3/t14-,15-,19+/m0/s1. The van der Waals surface area contributed by atoms with Crippen molar-refractivity contribution in [2.45, 2.75) is 45.3 Å². The van der Waals surface area contributed by atoms with Gasteiger partial charge >= 0.3 is 0 Å². The molecule has 0 aromatic carbocycles. The van der Waals surface area contributed by atoms with Crippen molar-refractivity contribution in [2.75, 3.05) is 33.8 Å². The van der Waals surface area contributed by atoms with Gasteiger partial charge in [-0.05, 0) is 57.5 Å². The number of rotatable bonds is 5. The Balaban J connectivity index is 2.02. The number of amides is 1. The van der Waals surface area contributed by atoms with E-state index in [0.717, 1.165) is 31.4 Å². The molecule has 2 heterocycles. The first kappa shape index (κ1) is 19.8. The molecule has 0 bridgehead atoms. The highest BCUT2D eigenvalue weighted by atomic mass is 16.5. The van der Waals surface area contributed by atoms with Crippen LogP contribution in [0.25, 0.3) is 5.57 Å². The molecule has 3 rings (SSSR count). The summed E-state index contributed by atoms with van der Waals surface area (Å²) in [5.41, 5.74) is 2.74. The van der Waals surface area contributed by atoms with Crippen LogP contribution in [0.1, 0.15) is 49.0 Å². The summed E-state index contributed by atoms with van der Waals surface area (Å²) in [7, 11) is 4.02. The van der Waals surface area contributed by atoms with Crippen LogP contribution in [0.15, 0.2) is 18.3 Å². The van der Waals surface area contributed by atoms with E-state index in [1.165, 1.54) is 5.57 Å². The van der Waals surface area contributed by atoms with Crippen molar-refractivity contribution in [1.29, 1.82) is 0 Å². The molecule has 1 amide bonds. The number of hydrogen-bond acceptors (Lipinski definition) is 5. The number of aliphatic hydroxyl groups excluding tert-OH is 1. The van der Waals surface area contributed by atoms with E-state index in [2.05, 4.69) is 22.9 Å². The molecule has 1 N–H and O–H groups in total. The molecule has 3 atom stereocenters. The third kappa shape index (κ3) is 4.33. The van der Waals surface area contributed by atoms with Gasteiger partial charge in [0.1, 0.15) is 11.7 Å². The fourth-order valence-corrected chi connectivity index (χ4v) is 3.79. The number of likely N-dealkylation sites (N-methyl/N-ethyl adjacent to an activating group) is 1. The van der Waals surface area contributed by atoms with Crippen molar-refractivity contribution < 1.29 is 14.6 Å². The highest BCUT2D eigenvalue weighted by molar-refractivity contribution is 5.97. The quantitative estimate of drug-likeness (QED) is 0.859. The van der Waals surface area contributed by atoms with E-state index in [1.54, 1.807) is 4.90 Å². The predicted molar refractivity (Wildman–Crippen MR) is 106 cm³/mol. The Bertz CT molecular complexity index is 717. The third-order valence-corrected chi connectivity index (χ3v) is 5.48. The average Bonchev–Trinajstić information content (AvgIpc) is 3.18. The summed E-state index contributed by atoms with van der Waals surface area (Å²) in [5, 5.41) is 9.68. The average molecular weight is 373 g/mol. The zero-order valence-corrected chi connectivity index (χ0v) is 16.8. The summed E-state index contributed by atoms with van der Waals surface area (Å²) in [6, 6.07) is 1.67. The molecule has 148 valence electrons. The minimum atomic E-state index is -0.250. The number of carbonyl (C=O) groups is 1. The zero-order valence-electron chi connectivity index (χ0n) is 16.8. The van der Waals surface area contributed by atoms with Crippen molar-refractivity contribution in [3.05, 3.63) is 29.5 Å². The summed E-state index contributed by atoms with van der Waals surface area (Å²) in [5.74, 6) is 0.406. The van der Waals surface area contributed by atoms with E-state index < -0.39 is 0 Å². The van der Waals surface area contributed by atoms with Gasteiger partial charge in [0.2, 0.25) is 5.88 Å². The van der Waals surface area contributed by atoms with E-state index in [-0.39, 0.29) is 30.6 Å². The van der Waals surface area contributed by atoms with Crippen LogP contribution in [-0.2, 0) is 0 Å². The van der Waals surface area contributed by atoms with E-state index in [4.69, 9.17) is 4.74 Å². The molecule has 27 heavy (non-hydrogen) atoms. The van der Waals surface area contributed by atoms with Gasteiger partial charge < -0.3 is 19.6 Å². The molecule has 1 aromatic heterocycles. The van der Waals surface area contributed by atoms with Crippen LogP contribution in [0.2, 0.25) is 0 Å². The number of aliphatic hydroxyl groups is 1. The highest BCUT2D eigenvalue weighted by Crippen LogP contribution is 2.32. The van der Waals surface area contributed by atoms with Crippen molar-refractivity contribution in [3.8, 4) is 5.88 Å². The van der Waals surface area contributed by atoms with Crippen LogP contribution >= 0.6 is 0 Å². The first-order chi connectivity index (χ1) is 12.9. The van der Waals surface area contributed by atoms with Crippen LogP contribution in [0.4, 0.5) is 0 Å². The molecule has 0 fully saturated rings. The second kappa shape index (κ2) is 8.40. The lowest BCUT2D eigenvalue weighted by Gasteiger charge is -2.37. The Morgan fingerprint density at radius 3 is 2.85 bits per heavy atom. The lowest BCUT2D eigenvalue weighted by molar-refractivity contribution is 0.0348. The molecule has 6 nitrogen and oxygen atoms in total. The summed E-state index contributed by atoms with van der Waals surface area (Å²) in [6.07, 6.45) is 7.21. The van der Waals surface area contributed by atoms with Gasteiger partial charge in [-0.2, -0.15) is 0 Å². The van der Waals surface area contributed by atoms with Gasteiger partial charge in [0.25, 0.3) is 5.91 Å². The van der Waals surface area contributed by atoms with Crippen LogP contribution in [0.5, 0.6) is 5.88 Å². The number of aromatic nitrogens is 1. The van der Waals surface area contributed by atoms with Gasteiger partial charge in [-0.25, -0.2) is 4.98 Å². The molecule has 0 saturated heterocycles. The maximum absolute atomic E-state index is 13.3. The summed E-state index contributed by atoms with van der Waals surface area (Å²) < 4.78 is 6.23. The molecule has 1 aliphatic heterocycles. The highest BCUT2D eigenvalue weighted by Gasteiger charge is 2.34. The summed E-state index contributed by atoms with van der Waals surface area (Å²) in [6.45, 7) is 5.19. The van der Waals surface area contributed by atoms with Gasteiger partial charge in [0.15, 0.2) is 0 Å². The van der Waals surface area contributed by atoms with Gasteiger partial charge in [0.05, 0.1) is 12.6 Å². The lowest BCUT2D eigenvalue weighted by Crippen LogP contribution is -2.49. The first-order valence-corrected chi connectivity index (χ1v) is 9.83. The second-order valence-electron chi connectivity index (χ2n) is 8.08. The van der Waals surface area contributed by atoms with E-state index in [0.29, 0.717) is 18.0 Å². The second-order valence-corrected chi connectivity index (χ2v) is 8.08. The molecular weight excluding hydrogens is 342 g/mol. The van der Waals surface area contributed by atoms with Crippen molar-refractivity contribution in [2.24, 2.45) is 5.92 Å². The van der Waals surface area contributed by atoms with Gasteiger partial charge in [-0.3, -0.25) is 4.79 Å². The number of fused-ring (bicyclic) bond motifs is 1.